The van der Waals surface area contributed by atoms with Crippen LogP contribution in [0.4, 0.5) is 11.4 Å². The average Bonchev–Trinajstić information content (AvgIpc) is 2.52. The lowest BCUT2D eigenvalue weighted by Gasteiger charge is -2.30. The Morgan fingerprint density at radius 3 is 2.76 bits per heavy atom. The summed E-state index contributed by atoms with van der Waals surface area (Å²) in [6, 6.07) is 4.42. The number of amides is 1. The first-order valence-corrected chi connectivity index (χ1v) is 7.02. The number of nitro groups is 1. The summed E-state index contributed by atoms with van der Waals surface area (Å²) in [4.78, 5) is 24.7. The van der Waals surface area contributed by atoms with Crippen LogP contribution in [0.25, 0.3) is 0 Å². The lowest BCUT2D eigenvalue weighted by molar-refractivity contribution is -0.384. The van der Waals surface area contributed by atoms with Crippen LogP contribution in [-0.4, -0.2) is 43.7 Å². The Morgan fingerprint density at radius 2 is 2.14 bits per heavy atom. The van der Waals surface area contributed by atoms with Crippen LogP contribution in [-0.2, 0) is 4.74 Å². The second-order valence-corrected chi connectivity index (χ2v) is 4.81. The summed E-state index contributed by atoms with van der Waals surface area (Å²) in [6.45, 7) is 5.03. The van der Waals surface area contributed by atoms with Crippen molar-refractivity contribution in [2.75, 3.05) is 37.7 Å². The topological polar surface area (TPSA) is 84.7 Å². The van der Waals surface area contributed by atoms with E-state index in [0.29, 0.717) is 38.4 Å². The van der Waals surface area contributed by atoms with Crippen molar-refractivity contribution in [1.82, 2.24) is 5.32 Å². The Balaban J connectivity index is 2.33. The Labute approximate surface area is 123 Å². The monoisotopic (exact) mass is 293 g/mol. The molecular weight excluding hydrogens is 274 g/mol. The molecule has 1 aromatic rings. The summed E-state index contributed by atoms with van der Waals surface area (Å²) in [7, 11) is 0. The first-order valence-electron chi connectivity index (χ1n) is 7.02. The van der Waals surface area contributed by atoms with E-state index in [2.05, 4.69) is 5.32 Å². The van der Waals surface area contributed by atoms with Gasteiger partial charge >= 0.3 is 0 Å². The summed E-state index contributed by atoms with van der Waals surface area (Å²) in [5, 5.41) is 13.7. The minimum Gasteiger partial charge on any atom is -0.378 e. The van der Waals surface area contributed by atoms with Crippen molar-refractivity contribution in [2.24, 2.45) is 0 Å². The van der Waals surface area contributed by atoms with Crippen molar-refractivity contribution in [2.45, 2.75) is 13.3 Å². The van der Waals surface area contributed by atoms with Crippen LogP contribution in [0, 0.1) is 10.1 Å². The number of carbonyl (C=O) groups excluding carboxylic acids is 1. The van der Waals surface area contributed by atoms with Gasteiger partial charge in [0.2, 0.25) is 0 Å². The van der Waals surface area contributed by atoms with Gasteiger partial charge in [0.25, 0.3) is 11.6 Å². The molecule has 2 rings (SSSR count). The zero-order valence-electron chi connectivity index (χ0n) is 12.0. The van der Waals surface area contributed by atoms with Crippen molar-refractivity contribution < 1.29 is 14.5 Å². The quantitative estimate of drug-likeness (QED) is 0.658. The fourth-order valence-electron chi connectivity index (χ4n) is 2.23. The van der Waals surface area contributed by atoms with Crippen molar-refractivity contribution in [1.29, 1.82) is 0 Å². The SMILES string of the molecule is CCCNC(=O)c1cc([N+](=O)[O-])ccc1N1CCOCC1. The summed E-state index contributed by atoms with van der Waals surface area (Å²) in [5.41, 5.74) is 0.991. The minimum absolute atomic E-state index is 0.0753. The molecule has 1 aliphatic heterocycles. The van der Waals surface area contributed by atoms with Crippen molar-refractivity contribution in [3.8, 4) is 0 Å². The molecule has 7 nitrogen and oxygen atoms in total. The number of benzene rings is 1. The van der Waals surface area contributed by atoms with E-state index >= 15 is 0 Å². The van der Waals surface area contributed by atoms with Crippen LogP contribution in [0.3, 0.4) is 0 Å². The third-order valence-corrected chi connectivity index (χ3v) is 3.32. The lowest BCUT2D eigenvalue weighted by atomic mass is 10.1. The summed E-state index contributed by atoms with van der Waals surface area (Å²) in [5.74, 6) is -0.276. The normalized spacial score (nSPS) is 14.8. The Bertz CT molecular complexity index is 527. The van der Waals surface area contributed by atoms with Gasteiger partial charge in [0.1, 0.15) is 0 Å². The molecule has 0 saturated carbocycles. The van der Waals surface area contributed by atoms with E-state index in [9.17, 15) is 14.9 Å². The summed E-state index contributed by atoms with van der Waals surface area (Å²) < 4.78 is 5.30. The van der Waals surface area contributed by atoms with Crippen LogP contribution in [0.5, 0.6) is 0 Å². The molecule has 0 spiro atoms. The number of nitrogens with zero attached hydrogens (tertiary/aromatic N) is 2. The molecular formula is C14H19N3O4. The largest absolute Gasteiger partial charge is 0.378 e. The van der Waals surface area contributed by atoms with Crippen LogP contribution < -0.4 is 10.2 Å². The smallest absolute Gasteiger partial charge is 0.270 e. The second-order valence-electron chi connectivity index (χ2n) is 4.81. The number of non-ortho nitro benzene ring substituents is 1. The first kappa shape index (κ1) is 15.2. The maximum Gasteiger partial charge on any atom is 0.270 e. The Hall–Kier alpha value is -2.15. The molecule has 0 aliphatic carbocycles. The van der Waals surface area contributed by atoms with Gasteiger partial charge in [-0.15, -0.1) is 0 Å². The summed E-state index contributed by atoms with van der Waals surface area (Å²) >= 11 is 0. The van der Waals surface area contributed by atoms with E-state index in [4.69, 9.17) is 4.74 Å². The predicted molar refractivity (Wildman–Crippen MR) is 78.8 cm³/mol. The number of carbonyl (C=O) groups is 1. The fraction of sp³-hybridized carbons (Fsp3) is 0.500. The predicted octanol–water partition coefficient (Wildman–Crippen LogP) is 1.57. The van der Waals surface area contributed by atoms with E-state index in [1.807, 2.05) is 11.8 Å². The van der Waals surface area contributed by atoms with E-state index in [1.54, 1.807) is 6.07 Å². The van der Waals surface area contributed by atoms with Gasteiger partial charge in [0, 0.05) is 31.8 Å². The zero-order valence-corrected chi connectivity index (χ0v) is 12.0. The molecule has 1 saturated heterocycles. The van der Waals surface area contributed by atoms with Gasteiger partial charge in [-0.3, -0.25) is 14.9 Å². The van der Waals surface area contributed by atoms with Crippen LogP contribution in [0.1, 0.15) is 23.7 Å². The van der Waals surface area contributed by atoms with Gasteiger partial charge in [0.15, 0.2) is 0 Å². The molecule has 21 heavy (non-hydrogen) atoms. The van der Waals surface area contributed by atoms with E-state index in [0.717, 1.165) is 12.1 Å². The van der Waals surface area contributed by atoms with Crippen molar-refractivity contribution in [3.05, 3.63) is 33.9 Å². The number of rotatable bonds is 5. The standard InChI is InChI=1S/C14H19N3O4/c1-2-5-15-14(18)12-10-11(17(19)20)3-4-13(12)16-6-8-21-9-7-16/h3-4,10H,2,5-9H2,1H3,(H,15,18). The molecule has 0 unspecified atom stereocenters. The Kier molecular flexibility index (Phi) is 5.10. The molecule has 1 fully saturated rings. The van der Waals surface area contributed by atoms with Crippen molar-refractivity contribution >= 4 is 17.3 Å². The molecule has 7 heteroatoms. The van der Waals surface area contributed by atoms with E-state index < -0.39 is 4.92 Å². The van der Waals surface area contributed by atoms with Gasteiger partial charge in [0.05, 0.1) is 29.4 Å². The van der Waals surface area contributed by atoms with Gasteiger partial charge in [-0.1, -0.05) is 6.92 Å². The highest BCUT2D eigenvalue weighted by atomic mass is 16.6. The number of morpholine rings is 1. The molecule has 1 aromatic carbocycles. The molecule has 0 aromatic heterocycles. The number of nitrogens with one attached hydrogen (secondary N) is 1. The van der Waals surface area contributed by atoms with Gasteiger partial charge in [-0.2, -0.15) is 0 Å². The van der Waals surface area contributed by atoms with Crippen LogP contribution >= 0.6 is 0 Å². The zero-order chi connectivity index (χ0) is 15.2. The van der Waals surface area contributed by atoms with Crippen molar-refractivity contribution in [3.63, 3.8) is 0 Å². The fourth-order valence-corrected chi connectivity index (χ4v) is 2.23. The third kappa shape index (κ3) is 3.69. The first-order chi connectivity index (χ1) is 10.1. The maximum atomic E-state index is 12.3. The number of anilines is 1. The highest BCUT2D eigenvalue weighted by molar-refractivity contribution is 6.00. The number of nitro benzene ring substituents is 1. The third-order valence-electron chi connectivity index (χ3n) is 3.32. The number of hydrogen-bond acceptors (Lipinski definition) is 5. The van der Waals surface area contributed by atoms with E-state index in [1.165, 1.54) is 12.1 Å². The van der Waals surface area contributed by atoms with Gasteiger partial charge in [-0.05, 0) is 12.5 Å². The Morgan fingerprint density at radius 1 is 1.43 bits per heavy atom. The molecule has 0 radical (unpaired) electrons. The molecule has 0 bridgehead atoms. The summed E-state index contributed by atoms with van der Waals surface area (Å²) in [6.07, 6.45) is 0.813. The van der Waals surface area contributed by atoms with Crippen LogP contribution in [0.15, 0.2) is 18.2 Å². The molecule has 1 amide bonds. The van der Waals surface area contributed by atoms with Gasteiger partial charge < -0.3 is 15.0 Å². The van der Waals surface area contributed by atoms with E-state index in [-0.39, 0.29) is 11.6 Å². The maximum absolute atomic E-state index is 12.3. The average molecular weight is 293 g/mol. The highest BCUT2D eigenvalue weighted by Gasteiger charge is 2.21. The van der Waals surface area contributed by atoms with Gasteiger partial charge in [-0.25, -0.2) is 0 Å². The minimum atomic E-state index is -0.486. The molecule has 0 atom stereocenters. The molecule has 1 N–H and O–H groups in total. The van der Waals surface area contributed by atoms with Crippen LogP contribution in [0.2, 0.25) is 0 Å². The molecule has 1 aliphatic rings. The lowest BCUT2D eigenvalue weighted by Crippen LogP contribution is -2.38. The molecule has 1 heterocycles. The second kappa shape index (κ2) is 7.03. The molecule has 114 valence electrons. The highest BCUT2D eigenvalue weighted by Crippen LogP contribution is 2.26. The number of hydrogen-bond donors (Lipinski definition) is 1. The number of ether oxygens (including phenoxy) is 1.